The molecule has 1 atom stereocenters. The van der Waals surface area contributed by atoms with Crippen molar-refractivity contribution in [2.75, 3.05) is 6.54 Å². The lowest BCUT2D eigenvalue weighted by Gasteiger charge is -2.12. The van der Waals surface area contributed by atoms with E-state index in [-0.39, 0.29) is 35.3 Å². The second-order valence-electron chi connectivity index (χ2n) is 5.21. The van der Waals surface area contributed by atoms with Gasteiger partial charge in [-0.05, 0) is 34.9 Å². The summed E-state index contributed by atoms with van der Waals surface area (Å²) in [5.74, 6) is -0.698. The predicted molar refractivity (Wildman–Crippen MR) is 88.9 cm³/mol. The quantitative estimate of drug-likeness (QED) is 0.333. The zero-order valence-corrected chi connectivity index (χ0v) is 15.0. The van der Waals surface area contributed by atoms with Gasteiger partial charge in [-0.15, -0.1) is 0 Å². The number of nitrogens with zero attached hydrogens (tertiary/aromatic N) is 3. The summed E-state index contributed by atoms with van der Waals surface area (Å²) in [7, 11) is -3.87. The Bertz CT molecular complexity index is 904. The minimum Gasteiger partial charge on any atom is -0.469 e. The van der Waals surface area contributed by atoms with Gasteiger partial charge in [-0.1, -0.05) is 22.8 Å². The third-order valence-corrected chi connectivity index (χ3v) is 3.95. The van der Waals surface area contributed by atoms with E-state index in [1.54, 1.807) is 6.92 Å². The molecule has 0 unspecified atom stereocenters. The van der Waals surface area contributed by atoms with Crippen molar-refractivity contribution in [3.63, 3.8) is 0 Å². The number of ether oxygens (including phenoxy) is 1. The van der Waals surface area contributed by atoms with Crippen LogP contribution in [0.5, 0.6) is 5.88 Å². The van der Waals surface area contributed by atoms with Gasteiger partial charge in [0.1, 0.15) is 17.6 Å². The first-order chi connectivity index (χ1) is 12.2. The maximum absolute atomic E-state index is 13.2. The smallest absolute Gasteiger partial charge is 0.285 e. The number of rotatable bonds is 8. The predicted octanol–water partition coefficient (Wildman–Crippen LogP) is 0.844. The summed E-state index contributed by atoms with van der Waals surface area (Å²) < 4.78 is 47.1. The van der Waals surface area contributed by atoms with Crippen LogP contribution in [0.1, 0.15) is 18.2 Å². The fourth-order valence-corrected chi connectivity index (χ4v) is 2.58. The number of aromatic nitrogens is 2. The van der Waals surface area contributed by atoms with E-state index < -0.39 is 22.1 Å². The van der Waals surface area contributed by atoms with Gasteiger partial charge in [0.05, 0.1) is 5.02 Å². The number of oxime groups is 1. The van der Waals surface area contributed by atoms with Gasteiger partial charge in [0.2, 0.25) is 0 Å². The first-order valence-corrected chi connectivity index (χ1v) is 9.04. The van der Waals surface area contributed by atoms with Gasteiger partial charge in [0.15, 0.2) is 5.69 Å². The molecule has 0 fully saturated rings. The van der Waals surface area contributed by atoms with Crippen LogP contribution in [0.25, 0.3) is 0 Å². The Morgan fingerprint density at radius 2 is 2.27 bits per heavy atom. The Kier molecular flexibility index (Phi) is 6.47. The van der Waals surface area contributed by atoms with Crippen molar-refractivity contribution in [3.05, 3.63) is 40.3 Å². The number of nitrogens with two attached hydrogens (primary N) is 1. The molecular formula is C13H15ClFN5O5S. The molecule has 0 aliphatic heterocycles. The van der Waals surface area contributed by atoms with Crippen LogP contribution < -0.4 is 14.6 Å². The highest BCUT2D eigenvalue weighted by Gasteiger charge is 2.21. The minimum atomic E-state index is -3.87. The van der Waals surface area contributed by atoms with Crippen molar-refractivity contribution in [2.24, 2.45) is 10.3 Å². The van der Waals surface area contributed by atoms with Crippen molar-refractivity contribution in [3.8, 4) is 5.88 Å². The maximum atomic E-state index is 13.2. The van der Waals surface area contributed by atoms with Crippen LogP contribution in [-0.4, -0.2) is 42.3 Å². The highest BCUT2D eigenvalue weighted by molar-refractivity contribution is 7.87. The lowest BCUT2D eigenvalue weighted by atomic mass is 10.1. The van der Waals surface area contributed by atoms with Gasteiger partial charge in [0, 0.05) is 13.0 Å². The molecule has 0 aliphatic rings. The number of hydrogen-bond donors (Lipinski definition) is 3. The first-order valence-electron chi connectivity index (χ1n) is 7.11. The van der Waals surface area contributed by atoms with E-state index in [2.05, 4.69) is 24.8 Å². The lowest BCUT2D eigenvalue weighted by Crippen LogP contribution is -2.37. The van der Waals surface area contributed by atoms with E-state index in [0.29, 0.717) is 5.56 Å². The maximum Gasteiger partial charge on any atom is 0.285 e. The van der Waals surface area contributed by atoms with Crippen molar-refractivity contribution in [1.82, 2.24) is 15.0 Å². The highest BCUT2D eigenvalue weighted by Crippen LogP contribution is 2.20. The third kappa shape index (κ3) is 5.62. The molecule has 142 valence electrons. The molecule has 0 radical (unpaired) electrons. The summed E-state index contributed by atoms with van der Waals surface area (Å²) in [6.07, 6.45) is -0.649. The summed E-state index contributed by atoms with van der Waals surface area (Å²) in [6.45, 7) is 1.41. The van der Waals surface area contributed by atoms with Gasteiger partial charge in [0.25, 0.3) is 16.1 Å². The second kappa shape index (κ2) is 8.40. The molecule has 1 aromatic carbocycles. The molecule has 1 aromatic heterocycles. The average molecular weight is 408 g/mol. The summed E-state index contributed by atoms with van der Waals surface area (Å²) in [6, 6.07) is 4.00. The van der Waals surface area contributed by atoms with Gasteiger partial charge in [-0.2, -0.15) is 13.1 Å². The molecular weight excluding hydrogens is 393 g/mol. The number of nitrogens with one attached hydrogen (secondary N) is 1. The van der Waals surface area contributed by atoms with E-state index in [0.717, 1.165) is 0 Å². The molecule has 10 nitrogen and oxygen atoms in total. The summed E-state index contributed by atoms with van der Waals surface area (Å²) in [4.78, 5) is 0. The number of hydrogen-bond acceptors (Lipinski definition) is 8. The summed E-state index contributed by atoms with van der Waals surface area (Å²) >= 11 is 5.72. The van der Waals surface area contributed by atoms with E-state index in [1.165, 1.54) is 18.2 Å². The van der Waals surface area contributed by atoms with Gasteiger partial charge in [-0.3, -0.25) is 0 Å². The van der Waals surface area contributed by atoms with E-state index >= 15 is 0 Å². The van der Waals surface area contributed by atoms with Gasteiger partial charge >= 0.3 is 0 Å². The number of benzene rings is 1. The Labute approximate surface area is 152 Å². The fraction of sp³-hybridized carbons (Fsp3) is 0.308. The monoisotopic (exact) mass is 407 g/mol. The molecule has 0 amide bonds. The lowest BCUT2D eigenvalue weighted by molar-refractivity contribution is 0.197. The van der Waals surface area contributed by atoms with Crippen LogP contribution in [0.15, 0.2) is 28.0 Å². The van der Waals surface area contributed by atoms with Crippen molar-refractivity contribution in [2.45, 2.75) is 19.4 Å². The topological polar surface area (TPSA) is 153 Å². The SMILES string of the molecule is C[C@H](CNS(N)(=O)=O)Oc1nonc1C(Cc1ccc(F)c(Cl)c1)=NO. The standard InChI is InChI=1S/C13H15ClFN5O5S/c1-7(6-17-26(16,22)23)24-13-12(19-25-20-13)11(18-21)5-8-2-3-10(15)9(14)4-8/h2-4,7,17,21H,5-6H2,1H3,(H2,16,22,23)/t7-/m1/s1. The summed E-state index contributed by atoms with van der Waals surface area (Å²) in [5.41, 5.74) is 0.563. The van der Waals surface area contributed by atoms with E-state index in [1.807, 2.05) is 0 Å². The van der Waals surface area contributed by atoms with Gasteiger partial charge < -0.3 is 9.94 Å². The Morgan fingerprint density at radius 1 is 1.54 bits per heavy atom. The fourth-order valence-electron chi connectivity index (χ4n) is 1.91. The van der Waals surface area contributed by atoms with Gasteiger partial charge in [-0.25, -0.2) is 14.2 Å². The largest absolute Gasteiger partial charge is 0.469 e. The third-order valence-electron chi connectivity index (χ3n) is 3.09. The molecule has 0 saturated heterocycles. The molecule has 2 rings (SSSR count). The molecule has 13 heteroatoms. The Hall–Kier alpha value is -2.28. The van der Waals surface area contributed by atoms with Crippen LogP contribution in [0.3, 0.4) is 0 Å². The van der Waals surface area contributed by atoms with Crippen molar-refractivity contribution >= 4 is 27.5 Å². The van der Waals surface area contributed by atoms with Crippen LogP contribution in [0.2, 0.25) is 5.02 Å². The first kappa shape index (κ1) is 20.0. The van der Waals surface area contributed by atoms with Crippen LogP contribution in [0, 0.1) is 5.82 Å². The average Bonchev–Trinajstić information content (AvgIpc) is 3.01. The number of halogens is 2. The zero-order valence-electron chi connectivity index (χ0n) is 13.4. The molecule has 2 aromatic rings. The second-order valence-corrected chi connectivity index (χ2v) is 7.00. The van der Waals surface area contributed by atoms with Crippen molar-refractivity contribution in [1.29, 1.82) is 0 Å². The van der Waals surface area contributed by atoms with Crippen molar-refractivity contribution < 1.29 is 27.4 Å². The molecule has 0 aliphatic carbocycles. The highest BCUT2D eigenvalue weighted by atomic mass is 35.5. The normalized spacial score (nSPS) is 13.6. The molecule has 0 saturated carbocycles. The molecule has 0 bridgehead atoms. The zero-order chi connectivity index (χ0) is 19.3. The van der Waals surface area contributed by atoms with Crippen LogP contribution in [0.4, 0.5) is 4.39 Å². The molecule has 0 spiro atoms. The molecule has 1 heterocycles. The molecule has 26 heavy (non-hydrogen) atoms. The van der Waals surface area contributed by atoms with Crippen LogP contribution >= 0.6 is 11.6 Å². The Morgan fingerprint density at radius 3 is 2.88 bits per heavy atom. The van der Waals surface area contributed by atoms with Crippen LogP contribution in [-0.2, 0) is 16.6 Å². The summed E-state index contributed by atoms with van der Waals surface area (Å²) in [5, 5.41) is 24.3. The van der Waals surface area contributed by atoms with E-state index in [4.69, 9.17) is 21.5 Å². The Balaban J connectivity index is 2.12. The molecule has 4 N–H and O–H groups in total. The minimum absolute atomic E-state index is 0.00426. The van der Waals surface area contributed by atoms with E-state index in [9.17, 15) is 18.0 Å².